The molecule has 1 amide bonds. The summed E-state index contributed by atoms with van der Waals surface area (Å²) >= 11 is 1.36. The maximum atomic E-state index is 12.0. The van der Waals surface area contributed by atoms with Crippen molar-refractivity contribution >= 4 is 17.7 Å². The number of hydrogen-bond acceptors (Lipinski definition) is 7. The molecule has 0 atom stereocenters. The summed E-state index contributed by atoms with van der Waals surface area (Å²) in [6.45, 7) is 2.18. The topological polar surface area (TPSA) is 90.1 Å². The lowest BCUT2D eigenvalue weighted by Gasteiger charge is -2.09. The maximum Gasteiger partial charge on any atom is 0.259 e. The molecule has 2 aromatic heterocycles. The van der Waals surface area contributed by atoms with Crippen LogP contribution in [0.25, 0.3) is 11.5 Å². The molecular formula is C18H18N4O3S. The number of benzene rings is 1. The monoisotopic (exact) mass is 370 g/mol. The smallest absolute Gasteiger partial charge is 0.259 e. The normalized spacial score (nSPS) is 10.5. The van der Waals surface area contributed by atoms with Crippen LogP contribution in [0.2, 0.25) is 0 Å². The van der Waals surface area contributed by atoms with Gasteiger partial charge in [0.25, 0.3) is 5.89 Å². The number of nitrogens with zero attached hydrogens (tertiary/aromatic N) is 3. The first kappa shape index (κ1) is 17.9. The molecule has 7 nitrogen and oxygen atoms in total. The van der Waals surface area contributed by atoms with E-state index >= 15 is 0 Å². The highest BCUT2D eigenvalue weighted by molar-refractivity contribution is 7.99. The quantitative estimate of drug-likeness (QED) is 0.640. The molecule has 8 heteroatoms. The highest BCUT2D eigenvalue weighted by Crippen LogP contribution is 2.21. The first-order valence-electron chi connectivity index (χ1n) is 7.94. The van der Waals surface area contributed by atoms with Gasteiger partial charge in [0.05, 0.1) is 23.5 Å². The van der Waals surface area contributed by atoms with Crippen LogP contribution in [-0.2, 0) is 11.3 Å². The van der Waals surface area contributed by atoms with Gasteiger partial charge in [-0.1, -0.05) is 35.1 Å². The lowest BCUT2D eigenvalue weighted by atomic mass is 10.2. The van der Waals surface area contributed by atoms with E-state index in [4.69, 9.17) is 9.26 Å². The summed E-state index contributed by atoms with van der Waals surface area (Å²) < 4.78 is 10.4. The lowest BCUT2D eigenvalue weighted by molar-refractivity contribution is -0.118. The van der Waals surface area contributed by atoms with E-state index in [1.165, 1.54) is 11.8 Å². The van der Waals surface area contributed by atoms with Crippen molar-refractivity contribution in [3.63, 3.8) is 0 Å². The third-order valence-electron chi connectivity index (χ3n) is 3.53. The Kier molecular flexibility index (Phi) is 5.85. The number of pyridine rings is 1. The van der Waals surface area contributed by atoms with Crippen molar-refractivity contribution in [2.75, 3.05) is 12.9 Å². The van der Waals surface area contributed by atoms with E-state index in [1.54, 1.807) is 20.2 Å². The molecule has 0 unspecified atom stereocenters. The van der Waals surface area contributed by atoms with E-state index in [1.807, 2.05) is 36.4 Å². The predicted molar refractivity (Wildman–Crippen MR) is 97.8 cm³/mol. The zero-order chi connectivity index (χ0) is 18.4. The number of aromatic nitrogens is 3. The Hall–Kier alpha value is -2.87. The SMILES string of the molecule is COc1ccccc1CNC(=O)CSc1ccc(-c2nc(C)no2)cn1. The number of para-hydroxylation sites is 1. The minimum Gasteiger partial charge on any atom is -0.496 e. The predicted octanol–water partition coefficient (Wildman–Crippen LogP) is 2.86. The number of nitrogens with one attached hydrogen (secondary N) is 1. The first-order chi connectivity index (χ1) is 12.7. The van der Waals surface area contributed by atoms with Crippen molar-refractivity contribution < 1.29 is 14.1 Å². The second-order valence-electron chi connectivity index (χ2n) is 5.41. The summed E-state index contributed by atoms with van der Waals surface area (Å²) in [4.78, 5) is 20.5. The van der Waals surface area contributed by atoms with E-state index in [-0.39, 0.29) is 11.7 Å². The average Bonchev–Trinajstić information content (AvgIpc) is 3.11. The fourth-order valence-electron chi connectivity index (χ4n) is 2.24. The van der Waals surface area contributed by atoms with Gasteiger partial charge in [-0.05, 0) is 25.1 Å². The minimum atomic E-state index is -0.0701. The molecule has 0 spiro atoms. The van der Waals surface area contributed by atoms with Crippen LogP contribution in [0, 0.1) is 6.92 Å². The van der Waals surface area contributed by atoms with Crippen LogP contribution in [0.4, 0.5) is 0 Å². The molecule has 26 heavy (non-hydrogen) atoms. The van der Waals surface area contributed by atoms with Crippen molar-refractivity contribution in [3.05, 3.63) is 54.0 Å². The molecule has 0 aliphatic carbocycles. The number of carbonyl (C=O) groups is 1. The highest BCUT2D eigenvalue weighted by Gasteiger charge is 2.09. The molecule has 134 valence electrons. The van der Waals surface area contributed by atoms with Crippen molar-refractivity contribution in [1.29, 1.82) is 0 Å². The Balaban J connectivity index is 1.50. The summed E-state index contributed by atoms with van der Waals surface area (Å²) in [7, 11) is 1.61. The van der Waals surface area contributed by atoms with Crippen molar-refractivity contribution in [2.45, 2.75) is 18.5 Å². The van der Waals surface area contributed by atoms with Crippen LogP contribution >= 0.6 is 11.8 Å². The zero-order valence-corrected chi connectivity index (χ0v) is 15.2. The highest BCUT2D eigenvalue weighted by atomic mass is 32.2. The molecule has 0 radical (unpaired) electrons. The van der Waals surface area contributed by atoms with Gasteiger partial charge in [-0.3, -0.25) is 4.79 Å². The molecule has 1 aromatic carbocycles. The van der Waals surface area contributed by atoms with E-state index in [9.17, 15) is 4.79 Å². The second kappa shape index (κ2) is 8.48. The lowest BCUT2D eigenvalue weighted by Crippen LogP contribution is -2.24. The fraction of sp³-hybridized carbons (Fsp3) is 0.222. The molecule has 0 saturated carbocycles. The molecule has 0 bridgehead atoms. The number of thioether (sulfide) groups is 1. The Morgan fingerprint density at radius 1 is 1.27 bits per heavy atom. The van der Waals surface area contributed by atoms with E-state index in [0.717, 1.165) is 21.9 Å². The van der Waals surface area contributed by atoms with Crippen molar-refractivity contribution in [1.82, 2.24) is 20.4 Å². The van der Waals surface area contributed by atoms with E-state index in [0.29, 0.717) is 18.3 Å². The van der Waals surface area contributed by atoms with E-state index < -0.39 is 0 Å². The number of ether oxygens (including phenoxy) is 1. The van der Waals surface area contributed by atoms with Gasteiger partial charge in [-0.15, -0.1) is 0 Å². The van der Waals surface area contributed by atoms with Gasteiger partial charge in [-0.2, -0.15) is 4.98 Å². The van der Waals surface area contributed by atoms with Gasteiger partial charge in [0.2, 0.25) is 5.91 Å². The fourth-order valence-corrected chi connectivity index (χ4v) is 2.91. The molecule has 1 N–H and O–H groups in total. The van der Waals surface area contributed by atoms with Crippen LogP contribution < -0.4 is 10.1 Å². The number of aryl methyl sites for hydroxylation is 1. The summed E-state index contributed by atoms with van der Waals surface area (Å²) in [5.74, 6) is 1.97. The third-order valence-corrected chi connectivity index (χ3v) is 4.47. The summed E-state index contributed by atoms with van der Waals surface area (Å²) in [5.41, 5.74) is 1.68. The number of rotatable bonds is 7. The number of hydrogen-bond donors (Lipinski definition) is 1. The summed E-state index contributed by atoms with van der Waals surface area (Å²) in [6.07, 6.45) is 1.65. The Morgan fingerprint density at radius 3 is 2.81 bits per heavy atom. The second-order valence-corrected chi connectivity index (χ2v) is 6.40. The van der Waals surface area contributed by atoms with Crippen molar-refractivity contribution in [3.8, 4) is 17.2 Å². The van der Waals surface area contributed by atoms with Gasteiger partial charge in [0, 0.05) is 18.3 Å². The standard InChI is InChI=1S/C18H18N4O3S/c1-12-21-18(25-22-12)14-7-8-17(20-10-14)26-11-16(23)19-9-13-5-3-4-6-15(13)24-2/h3-8,10H,9,11H2,1-2H3,(H,19,23). The van der Waals surface area contributed by atoms with Crippen molar-refractivity contribution in [2.24, 2.45) is 0 Å². The number of amides is 1. The molecule has 0 fully saturated rings. The van der Waals surface area contributed by atoms with Crippen LogP contribution in [0.5, 0.6) is 5.75 Å². The molecular weight excluding hydrogens is 352 g/mol. The molecule has 3 aromatic rings. The maximum absolute atomic E-state index is 12.0. The van der Waals surface area contributed by atoms with Crippen LogP contribution in [0.3, 0.4) is 0 Å². The van der Waals surface area contributed by atoms with Gasteiger partial charge in [0.15, 0.2) is 5.82 Å². The zero-order valence-electron chi connectivity index (χ0n) is 14.4. The Morgan fingerprint density at radius 2 is 2.12 bits per heavy atom. The molecule has 0 aliphatic heterocycles. The Labute approximate surface area is 155 Å². The largest absolute Gasteiger partial charge is 0.496 e. The summed E-state index contributed by atoms with van der Waals surface area (Å²) in [5, 5.41) is 7.38. The molecule has 0 aliphatic rings. The van der Waals surface area contributed by atoms with Gasteiger partial charge < -0.3 is 14.6 Å². The molecule has 3 rings (SSSR count). The number of methoxy groups -OCH3 is 1. The summed E-state index contributed by atoms with van der Waals surface area (Å²) in [6, 6.07) is 11.3. The van der Waals surface area contributed by atoms with E-state index in [2.05, 4.69) is 20.4 Å². The van der Waals surface area contributed by atoms with Gasteiger partial charge >= 0.3 is 0 Å². The van der Waals surface area contributed by atoms with Gasteiger partial charge in [-0.25, -0.2) is 4.98 Å². The van der Waals surface area contributed by atoms with Crippen LogP contribution in [0.1, 0.15) is 11.4 Å². The minimum absolute atomic E-state index is 0.0701. The number of carbonyl (C=O) groups excluding carboxylic acids is 1. The van der Waals surface area contributed by atoms with Crippen LogP contribution in [-0.4, -0.2) is 33.9 Å². The third kappa shape index (κ3) is 4.60. The molecule has 0 saturated heterocycles. The first-order valence-corrected chi connectivity index (χ1v) is 8.92. The Bertz CT molecular complexity index is 880. The van der Waals surface area contributed by atoms with Crippen LogP contribution in [0.15, 0.2) is 52.1 Å². The molecule has 2 heterocycles. The van der Waals surface area contributed by atoms with Gasteiger partial charge in [0.1, 0.15) is 5.75 Å². The average molecular weight is 370 g/mol.